The quantitative estimate of drug-likeness (QED) is 0.539. The van der Waals surface area contributed by atoms with Gasteiger partial charge in [-0.15, -0.1) is 0 Å². The fourth-order valence-corrected chi connectivity index (χ4v) is 1.67. The van der Waals surface area contributed by atoms with Gasteiger partial charge in [0.25, 0.3) is 0 Å². The second kappa shape index (κ2) is 6.15. The molecule has 1 aliphatic heterocycles. The van der Waals surface area contributed by atoms with E-state index >= 15 is 0 Å². The summed E-state index contributed by atoms with van der Waals surface area (Å²) >= 11 is 0. The van der Waals surface area contributed by atoms with E-state index in [4.69, 9.17) is 4.74 Å². The summed E-state index contributed by atoms with van der Waals surface area (Å²) < 4.78 is 9.62. The lowest BCUT2D eigenvalue weighted by molar-refractivity contribution is -0.147. The van der Waals surface area contributed by atoms with Crippen molar-refractivity contribution >= 4 is 12.1 Å². The van der Waals surface area contributed by atoms with Crippen LogP contribution in [0.1, 0.15) is 19.8 Å². The molecule has 0 bridgehead atoms. The van der Waals surface area contributed by atoms with E-state index in [0.29, 0.717) is 13.0 Å². The van der Waals surface area contributed by atoms with E-state index < -0.39 is 12.1 Å². The molecule has 0 spiro atoms. The first-order valence-corrected chi connectivity index (χ1v) is 5.33. The molecule has 90 valence electrons. The van der Waals surface area contributed by atoms with Crippen molar-refractivity contribution in [1.82, 2.24) is 4.90 Å². The molecule has 0 saturated carbocycles. The van der Waals surface area contributed by atoms with Crippen LogP contribution in [-0.2, 0) is 14.3 Å². The minimum absolute atomic E-state index is 0.251. The Labute approximate surface area is 95.0 Å². The lowest BCUT2D eigenvalue weighted by Gasteiger charge is -2.21. The van der Waals surface area contributed by atoms with Crippen LogP contribution in [0.4, 0.5) is 4.79 Å². The highest BCUT2D eigenvalue weighted by atomic mass is 16.6. The first-order valence-electron chi connectivity index (χ1n) is 5.33. The zero-order valence-corrected chi connectivity index (χ0v) is 9.64. The molecule has 1 fully saturated rings. The Balaban J connectivity index is 2.50. The first-order chi connectivity index (χ1) is 7.70. The molecule has 1 rings (SSSR count). The van der Waals surface area contributed by atoms with E-state index in [9.17, 15) is 9.59 Å². The third kappa shape index (κ3) is 2.98. The van der Waals surface area contributed by atoms with Gasteiger partial charge in [0.2, 0.25) is 0 Å². The summed E-state index contributed by atoms with van der Waals surface area (Å²) in [6, 6.07) is -0.488. The third-order valence-electron chi connectivity index (χ3n) is 2.49. The maximum absolute atomic E-state index is 11.6. The van der Waals surface area contributed by atoms with Crippen LogP contribution in [0.25, 0.3) is 0 Å². The number of amides is 1. The maximum atomic E-state index is 11.6. The molecule has 1 amide bonds. The number of hydrogen-bond donors (Lipinski definition) is 0. The van der Waals surface area contributed by atoms with Gasteiger partial charge in [0, 0.05) is 6.54 Å². The van der Waals surface area contributed by atoms with Gasteiger partial charge in [-0.05, 0) is 19.8 Å². The Morgan fingerprint density at radius 2 is 2.25 bits per heavy atom. The van der Waals surface area contributed by atoms with Gasteiger partial charge in [0.15, 0.2) is 0 Å². The molecule has 0 N–H and O–H groups in total. The van der Waals surface area contributed by atoms with E-state index in [1.54, 1.807) is 12.2 Å². The van der Waals surface area contributed by atoms with Crippen molar-refractivity contribution in [1.29, 1.82) is 0 Å². The molecular weight excluding hydrogens is 210 g/mol. The zero-order valence-electron chi connectivity index (χ0n) is 9.64. The molecule has 1 saturated heterocycles. The predicted octanol–water partition coefficient (Wildman–Crippen LogP) is 1.34. The topological polar surface area (TPSA) is 55.8 Å². The average Bonchev–Trinajstić information content (AvgIpc) is 2.77. The Morgan fingerprint density at radius 3 is 2.88 bits per heavy atom. The van der Waals surface area contributed by atoms with Gasteiger partial charge in [-0.25, -0.2) is 9.59 Å². The molecular formula is C11H17NO4. The van der Waals surface area contributed by atoms with Crippen LogP contribution in [0.2, 0.25) is 0 Å². The molecule has 0 aromatic rings. The molecule has 1 heterocycles. The van der Waals surface area contributed by atoms with Crippen molar-refractivity contribution in [3.63, 3.8) is 0 Å². The SMILES string of the molecule is C/C=C\COC(=O)[C@H]1CCCN1C(=O)OC. The van der Waals surface area contributed by atoms with E-state index in [2.05, 4.69) is 4.74 Å². The van der Waals surface area contributed by atoms with Crippen molar-refractivity contribution in [2.45, 2.75) is 25.8 Å². The molecule has 0 unspecified atom stereocenters. The number of carbonyl (C=O) groups excluding carboxylic acids is 2. The third-order valence-corrected chi connectivity index (χ3v) is 2.49. The normalized spacial score (nSPS) is 20.1. The molecule has 16 heavy (non-hydrogen) atoms. The second-order valence-corrected chi connectivity index (χ2v) is 3.52. The van der Waals surface area contributed by atoms with Gasteiger partial charge in [0.05, 0.1) is 7.11 Å². The van der Waals surface area contributed by atoms with Crippen molar-refractivity contribution in [2.75, 3.05) is 20.3 Å². The van der Waals surface area contributed by atoms with E-state index in [-0.39, 0.29) is 12.6 Å². The number of rotatable bonds is 3. The Kier molecular flexibility index (Phi) is 4.82. The van der Waals surface area contributed by atoms with Crippen LogP contribution in [0, 0.1) is 0 Å². The number of carbonyl (C=O) groups is 2. The zero-order chi connectivity index (χ0) is 12.0. The maximum Gasteiger partial charge on any atom is 0.410 e. The highest BCUT2D eigenvalue weighted by Gasteiger charge is 2.35. The fraction of sp³-hybridized carbons (Fsp3) is 0.636. The summed E-state index contributed by atoms with van der Waals surface area (Å²) in [4.78, 5) is 24.4. The summed E-state index contributed by atoms with van der Waals surface area (Å²) in [6.07, 6.45) is 4.53. The second-order valence-electron chi connectivity index (χ2n) is 3.52. The first kappa shape index (κ1) is 12.5. The van der Waals surface area contributed by atoms with Gasteiger partial charge >= 0.3 is 12.1 Å². The highest BCUT2D eigenvalue weighted by Crippen LogP contribution is 2.19. The molecule has 0 aromatic carbocycles. The standard InChI is InChI=1S/C11H17NO4/c1-3-4-8-16-10(13)9-6-5-7-12(9)11(14)15-2/h3-4,9H,5-8H2,1-2H3/b4-3-/t9-/m1/s1. The smallest absolute Gasteiger partial charge is 0.410 e. The van der Waals surface area contributed by atoms with Crippen LogP contribution < -0.4 is 0 Å². The van der Waals surface area contributed by atoms with Crippen LogP contribution in [0.5, 0.6) is 0 Å². The molecule has 1 aliphatic rings. The number of hydrogen-bond acceptors (Lipinski definition) is 4. The summed E-state index contributed by atoms with van der Waals surface area (Å²) in [5, 5.41) is 0. The summed E-state index contributed by atoms with van der Waals surface area (Å²) in [5.74, 6) is -0.360. The van der Waals surface area contributed by atoms with E-state index in [0.717, 1.165) is 6.42 Å². The number of methoxy groups -OCH3 is 1. The van der Waals surface area contributed by atoms with Crippen molar-refractivity contribution < 1.29 is 19.1 Å². The molecule has 0 radical (unpaired) electrons. The Bertz CT molecular complexity index is 288. The van der Waals surface area contributed by atoms with E-state index in [1.807, 2.05) is 6.92 Å². The minimum Gasteiger partial charge on any atom is -0.460 e. The lowest BCUT2D eigenvalue weighted by atomic mass is 10.2. The molecule has 0 aromatic heterocycles. The summed E-state index contributed by atoms with van der Waals surface area (Å²) in [7, 11) is 1.31. The van der Waals surface area contributed by atoms with Gasteiger partial charge in [0.1, 0.15) is 12.6 Å². The van der Waals surface area contributed by atoms with Gasteiger partial charge in [-0.2, -0.15) is 0 Å². The van der Waals surface area contributed by atoms with E-state index in [1.165, 1.54) is 12.0 Å². The Morgan fingerprint density at radius 1 is 1.50 bits per heavy atom. The number of allylic oxidation sites excluding steroid dienone is 1. The van der Waals surface area contributed by atoms with Crippen molar-refractivity contribution in [3.05, 3.63) is 12.2 Å². The highest BCUT2D eigenvalue weighted by molar-refractivity contribution is 5.82. The minimum atomic E-state index is -0.488. The Hall–Kier alpha value is -1.52. The van der Waals surface area contributed by atoms with Crippen LogP contribution in [-0.4, -0.2) is 43.3 Å². The largest absolute Gasteiger partial charge is 0.460 e. The van der Waals surface area contributed by atoms with Crippen LogP contribution >= 0.6 is 0 Å². The molecule has 5 heteroatoms. The predicted molar refractivity (Wildman–Crippen MR) is 57.9 cm³/mol. The van der Waals surface area contributed by atoms with Gasteiger partial charge < -0.3 is 9.47 Å². The fourth-order valence-electron chi connectivity index (χ4n) is 1.67. The number of nitrogens with zero attached hydrogens (tertiary/aromatic N) is 1. The average molecular weight is 227 g/mol. The summed E-state index contributed by atoms with van der Waals surface area (Å²) in [6.45, 7) is 2.65. The number of ether oxygens (including phenoxy) is 2. The van der Waals surface area contributed by atoms with Crippen LogP contribution in [0.15, 0.2) is 12.2 Å². The van der Waals surface area contributed by atoms with Crippen molar-refractivity contribution in [3.8, 4) is 0 Å². The van der Waals surface area contributed by atoms with Crippen molar-refractivity contribution in [2.24, 2.45) is 0 Å². The molecule has 5 nitrogen and oxygen atoms in total. The van der Waals surface area contributed by atoms with Gasteiger partial charge in [-0.1, -0.05) is 12.2 Å². The number of likely N-dealkylation sites (tertiary alicyclic amines) is 1. The monoisotopic (exact) mass is 227 g/mol. The lowest BCUT2D eigenvalue weighted by Crippen LogP contribution is -2.41. The van der Waals surface area contributed by atoms with Crippen LogP contribution in [0.3, 0.4) is 0 Å². The molecule has 0 aliphatic carbocycles. The molecule has 1 atom stereocenters. The summed E-state index contributed by atoms with van der Waals surface area (Å²) in [5.41, 5.74) is 0. The van der Waals surface area contributed by atoms with Gasteiger partial charge in [-0.3, -0.25) is 4.90 Å². The number of esters is 1.